The molecule has 8 nitrogen and oxygen atoms in total. The molecule has 0 saturated heterocycles. The molecular weight excluding hydrogens is 272 g/mol. The molecule has 0 aliphatic rings. The van der Waals surface area contributed by atoms with Crippen LogP contribution in [-0.2, 0) is 4.74 Å². The topological polar surface area (TPSA) is 96.2 Å². The molecule has 0 aliphatic carbocycles. The van der Waals surface area contributed by atoms with Gasteiger partial charge in [0.2, 0.25) is 11.9 Å². The van der Waals surface area contributed by atoms with E-state index < -0.39 is 0 Å². The van der Waals surface area contributed by atoms with Crippen LogP contribution >= 0.6 is 0 Å². The number of aromatic nitrogens is 3. The van der Waals surface area contributed by atoms with Gasteiger partial charge in [-0.1, -0.05) is 6.92 Å². The van der Waals surface area contributed by atoms with Crippen molar-refractivity contribution < 1.29 is 9.47 Å². The van der Waals surface area contributed by atoms with E-state index in [4.69, 9.17) is 14.7 Å². The van der Waals surface area contributed by atoms with E-state index >= 15 is 0 Å². The van der Waals surface area contributed by atoms with Gasteiger partial charge in [-0.15, -0.1) is 0 Å². The highest BCUT2D eigenvalue weighted by Gasteiger charge is 2.13. The Bertz CT molecular complexity index is 462. The van der Waals surface area contributed by atoms with E-state index in [1.807, 2.05) is 11.8 Å². The molecule has 0 bridgehead atoms. The molecule has 0 aromatic carbocycles. The van der Waals surface area contributed by atoms with Crippen LogP contribution < -0.4 is 15.0 Å². The maximum atomic E-state index is 8.76. The molecule has 116 valence electrons. The zero-order valence-electron chi connectivity index (χ0n) is 12.8. The maximum Gasteiger partial charge on any atom is 0.323 e. The molecule has 8 heteroatoms. The smallest absolute Gasteiger partial charge is 0.323 e. The Labute approximate surface area is 125 Å². The first-order valence-electron chi connectivity index (χ1n) is 6.92. The third-order valence-corrected chi connectivity index (χ3v) is 2.60. The lowest BCUT2D eigenvalue weighted by Crippen LogP contribution is -2.30. The molecule has 0 unspecified atom stereocenters. The molecule has 0 amide bonds. The monoisotopic (exact) mass is 294 g/mol. The SMILES string of the molecule is CCCOc1nc(NC)nc(N(CCC#N)CCOC)n1. The molecule has 0 saturated carbocycles. The van der Waals surface area contributed by atoms with E-state index in [0.717, 1.165) is 6.42 Å². The Kier molecular flexibility index (Phi) is 7.82. The highest BCUT2D eigenvalue weighted by Crippen LogP contribution is 2.15. The average molecular weight is 294 g/mol. The van der Waals surface area contributed by atoms with Gasteiger partial charge in [0, 0.05) is 27.2 Å². The van der Waals surface area contributed by atoms with Crippen LogP contribution in [-0.4, -0.2) is 55.4 Å². The largest absolute Gasteiger partial charge is 0.463 e. The molecule has 0 atom stereocenters. The zero-order chi connectivity index (χ0) is 15.5. The predicted octanol–water partition coefficient (Wildman–Crippen LogP) is 1.07. The van der Waals surface area contributed by atoms with Gasteiger partial charge >= 0.3 is 6.01 Å². The van der Waals surface area contributed by atoms with E-state index in [1.165, 1.54) is 0 Å². The number of hydrogen-bond acceptors (Lipinski definition) is 8. The number of rotatable bonds is 10. The van der Waals surface area contributed by atoms with Crippen LogP contribution in [0.25, 0.3) is 0 Å². The van der Waals surface area contributed by atoms with E-state index in [-0.39, 0.29) is 6.01 Å². The van der Waals surface area contributed by atoms with Crippen LogP contribution in [0.5, 0.6) is 6.01 Å². The Morgan fingerprint density at radius 2 is 2.05 bits per heavy atom. The highest BCUT2D eigenvalue weighted by atomic mass is 16.5. The van der Waals surface area contributed by atoms with Crippen molar-refractivity contribution in [3.8, 4) is 12.1 Å². The molecule has 21 heavy (non-hydrogen) atoms. The molecule has 1 rings (SSSR count). The van der Waals surface area contributed by atoms with Gasteiger partial charge < -0.3 is 19.7 Å². The van der Waals surface area contributed by atoms with Gasteiger partial charge in [0.05, 0.1) is 25.7 Å². The second-order valence-electron chi connectivity index (χ2n) is 4.23. The number of nitriles is 1. The first-order chi connectivity index (χ1) is 10.2. The summed E-state index contributed by atoms with van der Waals surface area (Å²) < 4.78 is 10.6. The van der Waals surface area contributed by atoms with Crippen molar-refractivity contribution in [2.24, 2.45) is 0 Å². The molecule has 0 aliphatic heterocycles. The van der Waals surface area contributed by atoms with Crippen molar-refractivity contribution >= 4 is 11.9 Å². The van der Waals surface area contributed by atoms with Gasteiger partial charge in [0.15, 0.2) is 0 Å². The Morgan fingerprint density at radius 1 is 1.24 bits per heavy atom. The van der Waals surface area contributed by atoms with Crippen molar-refractivity contribution in [2.75, 3.05) is 50.7 Å². The number of nitrogens with zero attached hydrogens (tertiary/aromatic N) is 5. The Balaban J connectivity index is 2.95. The van der Waals surface area contributed by atoms with Crippen LogP contribution in [0, 0.1) is 11.3 Å². The summed E-state index contributed by atoms with van der Waals surface area (Å²) >= 11 is 0. The second-order valence-corrected chi connectivity index (χ2v) is 4.23. The lowest BCUT2D eigenvalue weighted by molar-refractivity contribution is 0.205. The molecule has 1 heterocycles. The fourth-order valence-corrected chi connectivity index (χ4v) is 1.56. The predicted molar refractivity (Wildman–Crippen MR) is 79.5 cm³/mol. The average Bonchev–Trinajstić information content (AvgIpc) is 2.52. The number of nitrogens with one attached hydrogen (secondary N) is 1. The molecule has 0 fully saturated rings. The summed E-state index contributed by atoms with van der Waals surface area (Å²) in [6, 6.07) is 2.40. The summed E-state index contributed by atoms with van der Waals surface area (Å²) in [6.45, 7) is 4.21. The van der Waals surface area contributed by atoms with Crippen LogP contribution in [0.15, 0.2) is 0 Å². The fraction of sp³-hybridized carbons (Fsp3) is 0.692. The van der Waals surface area contributed by atoms with Crippen molar-refractivity contribution in [2.45, 2.75) is 19.8 Å². The van der Waals surface area contributed by atoms with Crippen LogP contribution in [0.4, 0.5) is 11.9 Å². The van der Waals surface area contributed by atoms with Crippen molar-refractivity contribution in [3.63, 3.8) is 0 Å². The minimum atomic E-state index is 0.283. The minimum absolute atomic E-state index is 0.283. The Morgan fingerprint density at radius 3 is 2.67 bits per heavy atom. The molecule has 0 spiro atoms. The number of methoxy groups -OCH3 is 1. The van der Waals surface area contributed by atoms with Crippen LogP contribution in [0.1, 0.15) is 19.8 Å². The van der Waals surface area contributed by atoms with Crippen LogP contribution in [0.3, 0.4) is 0 Å². The van der Waals surface area contributed by atoms with Gasteiger partial charge in [0.25, 0.3) is 0 Å². The third kappa shape index (κ3) is 5.79. The molecule has 1 N–H and O–H groups in total. The fourth-order valence-electron chi connectivity index (χ4n) is 1.56. The van der Waals surface area contributed by atoms with Gasteiger partial charge in [-0.25, -0.2) is 0 Å². The van der Waals surface area contributed by atoms with Gasteiger partial charge in [-0.05, 0) is 6.42 Å². The third-order valence-electron chi connectivity index (χ3n) is 2.60. The lowest BCUT2D eigenvalue weighted by atomic mass is 10.4. The minimum Gasteiger partial charge on any atom is -0.463 e. The molecule has 0 radical (unpaired) electrons. The van der Waals surface area contributed by atoms with Crippen molar-refractivity contribution in [1.82, 2.24) is 15.0 Å². The van der Waals surface area contributed by atoms with E-state index in [0.29, 0.717) is 44.6 Å². The van der Waals surface area contributed by atoms with Crippen LogP contribution in [0.2, 0.25) is 0 Å². The van der Waals surface area contributed by atoms with E-state index in [9.17, 15) is 0 Å². The lowest BCUT2D eigenvalue weighted by Gasteiger charge is -2.21. The van der Waals surface area contributed by atoms with E-state index in [2.05, 4.69) is 26.3 Å². The van der Waals surface area contributed by atoms with Crippen molar-refractivity contribution in [1.29, 1.82) is 5.26 Å². The quantitative estimate of drug-likeness (QED) is 0.684. The molecule has 1 aromatic rings. The number of anilines is 2. The zero-order valence-corrected chi connectivity index (χ0v) is 12.8. The summed E-state index contributed by atoms with van der Waals surface area (Å²) in [5.41, 5.74) is 0. The number of ether oxygens (including phenoxy) is 2. The van der Waals surface area contributed by atoms with Gasteiger partial charge in [-0.3, -0.25) is 0 Å². The summed E-state index contributed by atoms with van der Waals surface area (Å²) in [5.74, 6) is 0.915. The molecule has 1 aromatic heterocycles. The summed E-state index contributed by atoms with van der Waals surface area (Å²) in [4.78, 5) is 14.7. The summed E-state index contributed by atoms with van der Waals surface area (Å²) in [7, 11) is 3.36. The van der Waals surface area contributed by atoms with Gasteiger partial charge in [0.1, 0.15) is 0 Å². The van der Waals surface area contributed by atoms with E-state index in [1.54, 1.807) is 14.2 Å². The van der Waals surface area contributed by atoms with Crippen molar-refractivity contribution in [3.05, 3.63) is 0 Å². The van der Waals surface area contributed by atoms with Gasteiger partial charge in [-0.2, -0.15) is 20.2 Å². The first kappa shape index (κ1) is 16.9. The second kappa shape index (κ2) is 9.72. The molecular formula is C13H22N6O2. The summed E-state index contributed by atoms with van der Waals surface area (Å²) in [6.07, 6.45) is 1.26. The standard InChI is InChI=1S/C13H22N6O2/c1-4-9-21-13-17-11(15-2)16-12(18-13)19(7-5-6-14)8-10-20-3/h4-5,7-10H2,1-3H3,(H,15,16,17,18). The highest BCUT2D eigenvalue weighted by molar-refractivity contribution is 5.38. The number of hydrogen-bond donors (Lipinski definition) is 1. The first-order valence-corrected chi connectivity index (χ1v) is 6.92. The summed E-state index contributed by atoms with van der Waals surface area (Å²) in [5, 5.41) is 11.6. The normalized spacial score (nSPS) is 10.0. The Hall–Kier alpha value is -2.14. The maximum absolute atomic E-state index is 8.76.